The first-order valence-electron chi connectivity index (χ1n) is 4.78. The van der Waals surface area contributed by atoms with Gasteiger partial charge in [0.2, 0.25) is 0 Å². The van der Waals surface area contributed by atoms with Crippen LogP contribution in [0, 0.1) is 5.82 Å². The number of benzene rings is 1. The van der Waals surface area contributed by atoms with E-state index in [0.29, 0.717) is 0 Å². The quantitative estimate of drug-likeness (QED) is 0.585. The Labute approximate surface area is 92.0 Å². The van der Waals surface area contributed by atoms with Crippen molar-refractivity contribution in [2.45, 2.75) is 6.04 Å². The second kappa shape index (κ2) is 4.38. The molecule has 1 aromatic heterocycles. The molecule has 0 saturated carbocycles. The van der Waals surface area contributed by atoms with Crippen molar-refractivity contribution in [2.75, 3.05) is 0 Å². The van der Waals surface area contributed by atoms with Crippen molar-refractivity contribution < 1.29 is 4.39 Å². The zero-order valence-electron chi connectivity index (χ0n) is 8.76. The van der Waals surface area contributed by atoms with Crippen LogP contribution in [0.3, 0.4) is 0 Å². The molecule has 2 aromatic rings. The van der Waals surface area contributed by atoms with E-state index in [1.807, 2.05) is 0 Å². The highest BCUT2D eigenvalue weighted by atomic mass is 19.1. The van der Waals surface area contributed by atoms with Crippen LogP contribution in [-0.4, -0.2) is 15.0 Å². The van der Waals surface area contributed by atoms with Gasteiger partial charge in [0.15, 0.2) is 0 Å². The summed E-state index contributed by atoms with van der Waals surface area (Å²) in [4.78, 5) is 0. The maximum atomic E-state index is 12.8. The summed E-state index contributed by atoms with van der Waals surface area (Å²) in [5.41, 5.74) is 4.33. The lowest BCUT2D eigenvalue weighted by atomic mass is 10.1. The summed E-state index contributed by atoms with van der Waals surface area (Å²) in [6, 6.07) is 5.88. The second-order valence-electron chi connectivity index (χ2n) is 3.43. The Hall–Kier alpha value is -1.79. The van der Waals surface area contributed by atoms with E-state index in [9.17, 15) is 4.39 Å². The summed E-state index contributed by atoms with van der Waals surface area (Å²) in [7, 11) is 1.77. The number of nitrogens with one attached hydrogen (secondary N) is 1. The first-order chi connectivity index (χ1) is 7.72. The maximum absolute atomic E-state index is 12.8. The molecule has 3 N–H and O–H groups in total. The van der Waals surface area contributed by atoms with Gasteiger partial charge in [0.25, 0.3) is 0 Å². The fourth-order valence-corrected chi connectivity index (χ4v) is 1.57. The molecule has 5 nitrogen and oxygen atoms in total. The molecule has 0 aliphatic carbocycles. The van der Waals surface area contributed by atoms with Crippen LogP contribution in [0.4, 0.5) is 4.39 Å². The van der Waals surface area contributed by atoms with Gasteiger partial charge in [-0.05, 0) is 17.7 Å². The van der Waals surface area contributed by atoms with Crippen molar-refractivity contribution in [3.63, 3.8) is 0 Å². The van der Waals surface area contributed by atoms with Crippen LogP contribution >= 0.6 is 0 Å². The van der Waals surface area contributed by atoms with E-state index in [1.54, 1.807) is 30.1 Å². The number of hydrogen-bond acceptors (Lipinski definition) is 4. The van der Waals surface area contributed by atoms with Crippen molar-refractivity contribution in [3.05, 3.63) is 47.5 Å². The topological polar surface area (TPSA) is 68.8 Å². The van der Waals surface area contributed by atoms with Gasteiger partial charge in [-0.1, -0.05) is 17.3 Å². The highest BCUT2D eigenvalue weighted by Crippen LogP contribution is 2.19. The largest absolute Gasteiger partial charge is 0.271 e. The van der Waals surface area contributed by atoms with Gasteiger partial charge in [-0.3, -0.25) is 10.5 Å². The fraction of sp³-hybridized carbons (Fsp3) is 0.200. The van der Waals surface area contributed by atoms with Crippen LogP contribution in [0.5, 0.6) is 0 Å². The SMILES string of the molecule is Cn1nncc1C(NN)c1ccc(F)cc1. The second-order valence-corrected chi connectivity index (χ2v) is 3.43. The van der Waals surface area contributed by atoms with Crippen molar-refractivity contribution >= 4 is 0 Å². The maximum Gasteiger partial charge on any atom is 0.123 e. The molecule has 16 heavy (non-hydrogen) atoms. The minimum absolute atomic E-state index is 0.249. The predicted molar refractivity (Wildman–Crippen MR) is 56.6 cm³/mol. The molecule has 0 spiro atoms. The van der Waals surface area contributed by atoms with Crippen LogP contribution in [0.25, 0.3) is 0 Å². The highest BCUT2D eigenvalue weighted by molar-refractivity contribution is 5.26. The number of nitrogens with two attached hydrogens (primary N) is 1. The Morgan fingerprint density at radius 2 is 2.06 bits per heavy atom. The van der Waals surface area contributed by atoms with Crippen LogP contribution in [0.1, 0.15) is 17.3 Å². The third-order valence-corrected chi connectivity index (χ3v) is 2.42. The number of halogens is 1. The Bertz CT molecular complexity index is 464. The summed E-state index contributed by atoms with van der Waals surface area (Å²) >= 11 is 0. The summed E-state index contributed by atoms with van der Waals surface area (Å²) in [5, 5.41) is 7.60. The van der Waals surface area contributed by atoms with E-state index in [-0.39, 0.29) is 11.9 Å². The van der Waals surface area contributed by atoms with Gasteiger partial charge in [0.05, 0.1) is 17.9 Å². The predicted octanol–water partition coefficient (Wildman–Crippen LogP) is 0.507. The Morgan fingerprint density at radius 3 is 2.56 bits per heavy atom. The first-order valence-corrected chi connectivity index (χ1v) is 4.78. The van der Waals surface area contributed by atoms with Gasteiger partial charge >= 0.3 is 0 Å². The number of nitrogens with zero attached hydrogens (tertiary/aromatic N) is 3. The standard InChI is InChI=1S/C10H12FN5/c1-16-9(6-13-15-16)10(14-12)7-2-4-8(11)5-3-7/h2-6,10,14H,12H2,1H3. The molecule has 0 amide bonds. The molecule has 1 atom stereocenters. The molecule has 0 fully saturated rings. The third-order valence-electron chi connectivity index (χ3n) is 2.42. The lowest BCUT2D eigenvalue weighted by Gasteiger charge is -2.15. The van der Waals surface area contributed by atoms with Crippen molar-refractivity contribution in [2.24, 2.45) is 12.9 Å². The zero-order valence-corrected chi connectivity index (χ0v) is 8.76. The molecule has 1 aromatic carbocycles. The monoisotopic (exact) mass is 221 g/mol. The van der Waals surface area contributed by atoms with E-state index in [4.69, 9.17) is 5.84 Å². The highest BCUT2D eigenvalue weighted by Gasteiger charge is 2.16. The lowest BCUT2D eigenvalue weighted by Crippen LogP contribution is -2.30. The minimum atomic E-state index is -0.275. The average Bonchev–Trinajstić information content (AvgIpc) is 2.69. The van der Waals surface area contributed by atoms with Gasteiger partial charge in [0, 0.05) is 7.05 Å². The normalized spacial score (nSPS) is 12.7. The molecular weight excluding hydrogens is 209 g/mol. The smallest absolute Gasteiger partial charge is 0.123 e. The van der Waals surface area contributed by atoms with Crippen molar-refractivity contribution in [1.82, 2.24) is 20.4 Å². The van der Waals surface area contributed by atoms with Crippen molar-refractivity contribution in [3.8, 4) is 0 Å². The Kier molecular flexibility index (Phi) is 2.93. The van der Waals surface area contributed by atoms with E-state index in [2.05, 4.69) is 15.7 Å². The summed E-state index contributed by atoms with van der Waals surface area (Å²) in [6.45, 7) is 0. The number of hydrazine groups is 1. The van der Waals surface area contributed by atoms with Crippen LogP contribution in [0.15, 0.2) is 30.5 Å². The number of rotatable bonds is 3. The fourth-order valence-electron chi connectivity index (χ4n) is 1.57. The molecule has 0 radical (unpaired) electrons. The van der Waals surface area contributed by atoms with Crippen molar-refractivity contribution in [1.29, 1.82) is 0 Å². The number of hydrogen-bond donors (Lipinski definition) is 2. The van der Waals surface area contributed by atoms with E-state index >= 15 is 0 Å². The molecule has 0 aliphatic rings. The molecule has 1 unspecified atom stereocenters. The van der Waals surface area contributed by atoms with Gasteiger partial charge in [-0.2, -0.15) is 0 Å². The van der Waals surface area contributed by atoms with Gasteiger partial charge in [0.1, 0.15) is 5.82 Å². The Balaban J connectivity index is 2.37. The molecule has 1 heterocycles. The third kappa shape index (κ3) is 1.93. The van der Waals surface area contributed by atoms with Gasteiger partial charge in [-0.15, -0.1) is 5.10 Å². The Morgan fingerprint density at radius 1 is 1.38 bits per heavy atom. The van der Waals surface area contributed by atoms with Gasteiger partial charge < -0.3 is 0 Å². The molecule has 0 aliphatic heterocycles. The lowest BCUT2D eigenvalue weighted by molar-refractivity contribution is 0.567. The molecular formula is C10H12FN5. The van der Waals surface area contributed by atoms with E-state index < -0.39 is 0 Å². The number of aryl methyl sites for hydroxylation is 1. The summed E-state index contributed by atoms with van der Waals surface area (Å²) < 4.78 is 14.4. The summed E-state index contributed by atoms with van der Waals surface area (Å²) in [6.07, 6.45) is 1.62. The number of aromatic nitrogens is 3. The van der Waals surface area contributed by atoms with E-state index in [1.165, 1.54) is 12.1 Å². The summed E-state index contributed by atoms with van der Waals surface area (Å²) in [5.74, 6) is 5.21. The molecule has 6 heteroatoms. The van der Waals surface area contributed by atoms with E-state index in [0.717, 1.165) is 11.3 Å². The van der Waals surface area contributed by atoms with Crippen LogP contribution < -0.4 is 11.3 Å². The zero-order chi connectivity index (χ0) is 11.5. The molecule has 0 saturated heterocycles. The first kappa shape index (κ1) is 10.7. The molecule has 84 valence electrons. The van der Waals surface area contributed by atoms with Crippen LogP contribution in [0.2, 0.25) is 0 Å². The minimum Gasteiger partial charge on any atom is -0.271 e. The molecule has 2 rings (SSSR count). The van der Waals surface area contributed by atoms with Crippen LogP contribution in [-0.2, 0) is 7.05 Å². The molecule has 0 bridgehead atoms. The average molecular weight is 221 g/mol. The van der Waals surface area contributed by atoms with Gasteiger partial charge in [-0.25, -0.2) is 9.82 Å².